The fraction of sp³-hybridized carbons (Fsp3) is 0.412. The van der Waals surface area contributed by atoms with Crippen LogP contribution in [0.25, 0.3) is 6.08 Å². The van der Waals surface area contributed by atoms with Crippen molar-refractivity contribution in [2.45, 2.75) is 6.92 Å². The second-order valence-corrected chi connectivity index (χ2v) is 4.70. The highest BCUT2D eigenvalue weighted by atomic mass is 16.6. The summed E-state index contributed by atoms with van der Waals surface area (Å²) in [5.74, 6) is 0.238. The summed E-state index contributed by atoms with van der Waals surface area (Å²) in [7, 11) is 4.15. The van der Waals surface area contributed by atoms with Crippen molar-refractivity contribution in [2.75, 3.05) is 41.2 Å². The minimum Gasteiger partial charge on any atom is -0.493 e. The van der Waals surface area contributed by atoms with E-state index in [0.29, 0.717) is 11.5 Å². The molecule has 0 unspecified atom stereocenters. The largest absolute Gasteiger partial charge is 0.493 e. The van der Waals surface area contributed by atoms with Gasteiger partial charge in [0.25, 0.3) is 0 Å². The highest BCUT2D eigenvalue weighted by Gasteiger charge is 2.10. The first kappa shape index (κ1) is 19.5. The Kier molecular flexibility index (Phi) is 8.35. The lowest BCUT2D eigenvalue weighted by Crippen LogP contribution is -2.14. The standard InChI is InChI=1S/C17H22O7/c1-12-9-13(5-6-15(18)21-3)10-14(20-2)17(12)24-8-7-23-11-16(19)22-4/h5-6,9-10H,7-8,11H2,1-4H3/b6-5+. The van der Waals surface area contributed by atoms with Crippen LogP contribution in [0.1, 0.15) is 11.1 Å². The van der Waals surface area contributed by atoms with Gasteiger partial charge in [0.2, 0.25) is 0 Å². The first-order valence-corrected chi connectivity index (χ1v) is 7.23. The first-order valence-electron chi connectivity index (χ1n) is 7.23. The molecule has 1 aromatic carbocycles. The van der Waals surface area contributed by atoms with Crippen LogP contribution < -0.4 is 9.47 Å². The maximum atomic E-state index is 11.2. The maximum absolute atomic E-state index is 11.2. The average molecular weight is 338 g/mol. The Morgan fingerprint density at radius 1 is 1.08 bits per heavy atom. The quantitative estimate of drug-likeness (QED) is 0.385. The third-order valence-electron chi connectivity index (χ3n) is 3.02. The van der Waals surface area contributed by atoms with Gasteiger partial charge in [-0.05, 0) is 36.3 Å². The minimum absolute atomic E-state index is 0.118. The normalized spacial score (nSPS) is 10.5. The summed E-state index contributed by atoms with van der Waals surface area (Å²) in [6.07, 6.45) is 2.96. The molecule has 7 heteroatoms. The van der Waals surface area contributed by atoms with Crippen molar-refractivity contribution in [2.24, 2.45) is 0 Å². The van der Waals surface area contributed by atoms with Crippen LogP contribution in [0.3, 0.4) is 0 Å². The monoisotopic (exact) mass is 338 g/mol. The van der Waals surface area contributed by atoms with Gasteiger partial charge in [0.05, 0.1) is 27.9 Å². The molecule has 0 aliphatic carbocycles. The van der Waals surface area contributed by atoms with E-state index in [1.165, 1.54) is 27.4 Å². The maximum Gasteiger partial charge on any atom is 0.331 e. The van der Waals surface area contributed by atoms with E-state index in [4.69, 9.17) is 14.2 Å². The molecule has 0 saturated carbocycles. The number of hydrogen-bond donors (Lipinski definition) is 0. The molecule has 0 aliphatic rings. The Morgan fingerprint density at radius 2 is 1.83 bits per heavy atom. The van der Waals surface area contributed by atoms with E-state index in [0.717, 1.165) is 11.1 Å². The number of carbonyl (C=O) groups is 2. The average Bonchev–Trinajstić information content (AvgIpc) is 2.59. The van der Waals surface area contributed by atoms with E-state index in [2.05, 4.69) is 9.47 Å². The molecule has 0 aliphatic heterocycles. The third kappa shape index (κ3) is 6.29. The Hall–Kier alpha value is -2.54. The molecule has 0 radical (unpaired) electrons. The zero-order chi connectivity index (χ0) is 17.9. The Bertz CT molecular complexity index is 593. The van der Waals surface area contributed by atoms with E-state index >= 15 is 0 Å². The van der Waals surface area contributed by atoms with Gasteiger partial charge in [-0.1, -0.05) is 0 Å². The smallest absolute Gasteiger partial charge is 0.331 e. The molecule has 24 heavy (non-hydrogen) atoms. The molecule has 1 rings (SSSR count). The van der Waals surface area contributed by atoms with Crippen molar-refractivity contribution in [3.05, 3.63) is 29.3 Å². The van der Waals surface area contributed by atoms with Gasteiger partial charge in [-0.15, -0.1) is 0 Å². The predicted octanol–water partition coefficient (Wildman–Crippen LogP) is 1.76. The third-order valence-corrected chi connectivity index (χ3v) is 3.02. The number of aryl methyl sites for hydroxylation is 1. The lowest BCUT2D eigenvalue weighted by molar-refractivity contribution is -0.146. The van der Waals surface area contributed by atoms with Gasteiger partial charge in [-0.2, -0.15) is 0 Å². The molecular weight excluding hydrogens is 316 g/mol. The van der Waals surface area contributed by atoms with Crippen molar-refractivity contribution in [1.29, 1.82) is 0 Å². The molecule has 0 N–H and O–H groups in total. The molecule has 0 aromatic heterocycles. The summed E-state index contributed by atoms with van der Waals surface area (Å²) in [5.41, 5.74) is 1.62. The van der Waals surface area contributed by atoms with Crippen molar-refractivity contribution in [3.63, 3.8) is 0 Å². The Balaban J connectivity index is 2.69. The minimum atomic E-state index is -0.439. The van der Waals surface area contributed by atoms with E-state index in [9.17, 15) is 9.59 Å². The first-order chi connectivity index (χ1) is 11.5. The van der Waals surface area contributed by atoms with Gasteiger partial charge >= 0.3 is 11.9 Å². The molecule has 0 spiro atoms. The number of rotatable bonds is 9. The number of benzene rings is 1. The number of carbonyl (C=O) groups excluding carboxylic acids is 2. The molecule has 0 atom stereocenters. The van der Waals surface area contributed by atoms with Gasteiger partial charge in [0.1, 0.15) is 13.2 Å². The second-order valence-electron chi connectivity index (χ2n) is 4.70. The van der Waals surface area contributed by atoms with E-state index in [1.54, 1.807) is 12.1 Å². The fourth-order valence-electron chi connectivity index (χ4n) is 1.85. The fourth-order valence-corrected chi connectivity index (χ4v) is 1.85. The van der Waals surface area contributed by atoms with Gasteiger partial charge in [-0.25, -0.2) is 9.59 Å². The summed E-state index contributed by atoms with van der Waals surface area (Å²) >= 11 is 0. The van der Waals surface area contributed by atoms with Crippen LogP contribution in [-0.4, -0.2) is 53.1 Å². The van der Waals surface area contributed by atoms with E-state index in [-0.39, 0.29) is 19.8 Å². The van der Waals surface area contributed by atoms with Crippen LogP contribution in [0.15, 0.2) is 18.2 Å². The van der Waals surface area contributed by atoms with Crippen LogP contribution in [0.4, 0.5) is 0 Å². The summed E-state index contributed by atoms with van der Waals surface area (Å²) in [6.45, 7) is 2.24. The second kappa shape index (κ2) is 10.3. The number of ether oxygens (including phenoxy) is 5. The Morgan fingerprint density at radius 3 is 2.46 bits per heavy atom. The van der Waals surface area contributed by atoms with Crippen molar-refractivity contribution < 1.29 is 33.3 Å². The summed E-state index contributed by atoms with van der Waals surface area (Å²) in [6, 6.07) is 3.60. The number of esters is 2. The number of methoxy groups -OCH3 is 3. The van der Waals surface area contributed by atoms with Crippen molar-refractivity contribution >= 4 is 18.0 Å². The zero-order valence-corrected chi connectivity index (χ0v) is 14.3. The van der Waals surface area contributed by atoms with Crippen LogP contribution in [0.2, 0.25) is 0 Å². The molecule has 1 aromatic rings. The van der Waals surface area contributed by atoms with Gasteiger partial charge < -0.3 is 23.7 Å². The van der Waals surface area contributed by atoms with Crippen LogP contribution >= 0.6 is 0 Å². The summed E-state index contributed by atoms with van der Waals surface area (Å²) in [4.78, 5) is 22.1. The molecular formula is C17H22O7. The molecule has 0 fully saturated rings. The van der Waals surface area contributed by atoms with Gasteiger partial charge in [0, 0.05) is 6.08 Å². The summed E-state index contributed by atoms with van der Waals surface area (Å²) in [5, 5.41) is 0. The molecule has 0 heterocycles. The molecule has 7 nitrogen and oxygen atoms in total. The molecule has 132 valence electrons. The Labute approximate surface area is 141 Å². The van der Waals surface area contributed by atoms with E-state index < -0.39 is 11.9 Å². The number of hydrogen-bond acceptors (Lipinski definition) is 7. The van der Waals surface area contributed by atoms with Crippen LogP contribution in [0.5, 0.6) is 11.5 Å². The van der Waals surface area contributed by atoms with Gasteiger partial charge in [-0.3, -0.25) is 0 Å². The lowest BCUT2D eigenvalue weighted by Gasteiger charge is -2.14. The highest BCUT2D eigenvalue weighted by Crippen LogP contribution is 2.32. The van der Waals surface area contributed by atoms with Crippen molar-refractivity contribution in [3.8, 4) is 11.5 Å². The predicted molar refractivity (Wildman–Crippen MR) is 87.1 cm³/mol. The van der Waals surface area contributed by atoms with Gasteiger partial charge in [0.15, 0.2) is 11.5 Å². The van der Waals surface area contributed by atoms with Crippen molar-refractivity contribution in [1.82, 2.24) is 0 Å². The zero-order valence-electron chi connectivity index (χ0n) is 14.3. The lowest BCUT2D eigenvalue weighted by atomic mass is 10.1. The van der Waals surface area contributed by atoms with Crippen LogP contribution in [-0.2, 0) is 23.8 Å². The molecule has 0 saturated heterocycles. The highest BCUT2D eigenvalue weighted by molar-refractivity contribution is 5.87. The topological polar surface area (TPSA) is 80.3 Å². The SMILES string of the molecule is COC(=O)/C=C/c1cc(C)c(OCCOCC(=O)OC)c(OC)c1. The van der Waals surface area contributed by atoms with Crippen LogP contribution in [0, 0.1) is 6.92 Å². The molecule has 0 bridgehead atoms. The summed E-state index contributed by atoms with van der Waals surface area (Å²) < 4.78 is 25.1. The molecule has 0 amide bonds. The van der Waals surface area contributed by atoms with E-state index in [1.807, 2.05) is 13.0 Å².